The van der Waals surface area contributed by atoms with Crippen molar-refractivity contribution in [3.05, 3.63) is 83.0 Å². The van der Waals surface area contributed by atoms with Gasteiger partial charge in [0.25, 0.3) is 5.91 Å². The van der Waals surface area contributed by atoms with Crippen LogP contribution in [0, 0.1) is 6.92 Å². The highest BCUT2D eigenvalue weighted by atomic mass is 35.5. The zero-order valence-corrected chi connectivity index (χ0v) is 19.4. The molecule has 32 heavy (non-hydrogen) atoms. The molecule has 1 N–H and O–H groups in total. The van der Waals surface area contributed by atoms with Crippen molar-refractivity contribution in [2.24, 2.45) is 0 Å². The first-order chi connectivity index (χ1) is 15.0. The monoisotopic (exact) mass is 468 g/mol. The second kappa shape index (κ2) is 9.90. The van der Waals surface area contributed by atoms with Crippen LogP contribution in [0.1, 0.15) is 16.1 Å². The van der Waals surface area contributed by atoms with Crippen LogP contribution in [0.3, 0.4) is 0 Å². The number of benzene rings is 3. The number of pyridine rings is 1. The summed E-state index contributed by atoms with van der Waals surface area (Å²) in [5.41, 5.74) is 4.07. The molecule has 0 unspecified atom stereocenters. The van der Waals surface area contributed by atoms with E-state index < -0.39 is 0 Å². The molecule has 0 aliphatic rings. The zero-order chi connectivity index (χ0) is 22.0. The van der Waals surface area contributed by atoms with Crippen molar-refractivity contribution in [3.63, 3.8) is 0 Å². The Balaban J connectivity index is 0.00000289. The molecule has 4 aromatic rings. The van der Waals surface area contributed by atoms with Crippen LogP contribution in [0.2, 0.25) is 5.02 Å². The zero-order valence-electron chi connectivity index (χ0n) is 17.8. The Kier molecular flexibility index (Phi) is 7.23. The minimum Gasteiger partial charge on any atom is -0.497 e. The standard InChI is InChI=1S/C25H21ClN2O3.ClH/c1-15-23(25(29)28-21-14-18(30-2)10-12-22(21)31-3)24(16-7-5-4-6-8-16)19-13-17(26)9-11-20(19)27-15;/h4-14H,1-3H3,(H,28,29);1H. The third kappa shape index (κ3) is 4.49. The van der Waals surface area contributed by atoms with Gasteiger partial charge in [0.1, 0.15) is 11.5 Å². The molecule has 5 nitrogen and oxygen atoms in total. The molecule has 0 spiro atoms. The fourth-order valence-electron chi connectivity index (χ4n) is 3.64. The molecule has 0 fully saturated rings. The minimum atomic E-state index is -0.294. The highest BCUT2D eigenvalue weighted by molar-refractivity contribution is 6.31. The van der Waals surface area contributed by atoms with E-state index in [1.807, 2.05) is 49.4 Å². The molecule has 0 bridgehead atoms. The lowest BCUT2D eigenvalue weighted by molar-refractivity contribution is 0.102. The minimum absolute atomic E-state index is 0. The summed E-state index contributed by atoms with van der Waals surface area (Å²) < 4.78 is 10.7. The van der Waals surface area contributed by atoms with Gasteiger partial charge in [0.05, 0.1) is 36.7 Å². The van der Waals surface area contributed by atoms with Crippen LogP contribution >= 0.6 is 24.0 Å². The van der Waals surface area contributed by atoms with Gasteiger partial charge in [-0.1, -0.05) is 41.9 Å². The molecule has 0 radical (unpaired) electrons. The number of rotatable bonds is 5. The van der Waals surface area contributed by atoms with E-state index in [0.29, 0.717) is 33.5 Å². The smallest absolute Gasteiger partial charge is 0.258 e. The van der Waals surface area contributed by atoms with Crippen LogP contribution in [0.4, 0.5) is 5.69 Å². The number of nitrogens with one attached hydrogen (secondary N) is 1. The van der Waals surface area contributed by atoms with Gasteiger partial charge in [-0.15, -0.1) is 12.4 Å². The van der Waals surface area contributed by atoms with Crippen LogP contribution in [-0.4, -0.2) is 25.1 Å². The lowest BCUT2D eigenvalue weighted by Crippen LogP contribution is -2.16. The SMILES string of the molecule is COc1ccc(OC)c(NC(=O)c2c(C)nc3ccc(Cl)cc3c2-c2ccccc2)c1.Cl. The van der Waals surface area contributed by atoms with Gasteiger partial charge in [0, 0.05) is 22.0 Å². The van der Waals surface area contributed by atoms with E-state index in [0.717, 1.165) is 22.0 Å². The number of aryl methyl sites for hydroxylation is 1. The van der Waals surface area contributed by atoms with Gasteiger partial charge in [-0.2, -0.15) is 0 Å². The predicted octanol–water partition coefficient (Wildman–Crippen LogP) is 6.55. The second-order valence-electron chi connectivity index (χ2n) is 7.00. The molecule has 0 saturated carbocycles. The maximum Gasteiger partial charge on any atom is 0.258 e. The van der Waals surface area contributed by atoms with Gasteiger partial charge in [0.15, 0.2) is 0 Å². The molecule has 4 rings (SSSR count). The van der Waals surface area contributed by atoms with E-state index in [2.05, 4.69) is 10.3 Å². The van der Waals surface area contributed by atoms with Crippen molar-refractivity contribution in [1.82, 2.24) is 4.98 Å². The molecule has 0 saturated heterocycles. The number of methoxy groups -OCH3 is 2. The molecule has 1 aromatic heterocycles. The van der Waals surface area contributed by atoms with E-state index in [1.165, 1.54) is 0 Å². The first-order valence-corrected chi connectivity index (χ1v) is 10.1. The molecule has 1 heterocycles. The topological polar surface area (TPSA) is 60.5 Å². The normalized spacial score (nSPS) is 10.4. The Morgan fingerprint density at radius 2 is 1.72 bits per heavy atom. The Morgan fingerprint density at radius 1 is 0.969 bits per heavy atom. The highest BCUT2D eigenvalue weighted by Crippen LogP contribution is 2.36. The lowest BCUT2D eigenvalue weighted by atomic mass is 9.94. The van der Waals surface area contributed by atoms with Crippen molar-refractivity contribution in [2.75, 3.05) is 19.5 Å². The first kappa shape index (κ1) is 23.4. The van der Waals surface area contributed by atoms with Crippen molar-refractivity contribution < 1.29 is 14.3 Å². The molecule has 164 valence electrons. The number of hydrogen-bond donors (Lipinski definition) is 1. The Bertz CT molecular complexity index is 1280. The maximum atomic E-state index is 13.5. The van der Waals surface area contributed by atoms with Crippen molar-refractivity contribution in [3.8, 4) is 22.6 Å². The number of fused-ring (bicyclic) bond motifs is 1. The third-order valence-corrected chi connectivity index (χ3v) is 5.31. The average molecular weight is 469 g/mol. The largest absolute Gasteiger partial charge is 0.497 e. The summed E-state index contributed by atoms with van der Waals surface area (Å²) in [6.07, 6.45) is 0. The molecule has 0 aliphatic carbocycles. The van der Waals surface area contributed by atoms with Crippen molar-refractivity contribution in [1.29, 1.82) is 0 Å². The van der Waals surface area contributed by atoms with Crippen molar-refractivity contribution >= 4 is 46.5 Å². The van der Waals surface area contributed by atoms with Gasteiger partial charge in [-0.25, -0.2) is 0 Å². The van der Waals surface area contributed by atoms with Gasteiger partial charge in [0.2, 0.25) is 0 Å². The summed E-state index contributed by atoms with van der Waals surface area (Å²) >= 11 is 6.29. The second-order valence-corrected chi connectivity index (χ2v) is 7.43. The Labute approximate surface area is 197 Å². The van der Waals surface area contributed by atoms with Crippen LogP contribution in [0.5, 0.6) is 11.5 Å². The number of carbonyl (C=O) groups is 1. The first-order valence-electron chi connectivity index (χ1n) is 9.70. The fraction of sp³-hybridized carbons (Fsp3) is 0.120. The van der Waals surface area contributed by atoms with Crippen LogP contribution in [-0.2, 0) is 0 Å². The summed E-state index contributed by atoms with van der Waals surface area (Å²) in [5.74, 6) is 0.849. The summed E-state index contributed by atoms with van der Waals surface area (Å²) in [6.45, 7) is 1.83. The average Bonchev–Trinajstić information content (AvgIpc) is 2.79. The molecule has 7 heteroatoms. The van der Waals surface area contributed by atoms with E-state index in [1.54, 1.807) is 38.5 Å². The molecule has 3 aromatic carbocycles. The quantitative estimate of drug-likeness (QED) is 0.360. The maximum absolute atomic E-state index is 13.5. The predicted molar refractivity (Wildman–Crippen MR) is 132 cm³/mol. The van der Waals surface area contributed by atoms with E-state index in [4.69, 9.17) is 21.1 Å². The van der Waals surface area contributed by atoms with Gasteiger partial charge >= 0.3 is 0 Å². The molecular formula is C25H22Cl2N2O3. The summed E-state index contributed by atoms with van der Waals surface area (Å²) in [7, 11) is 3.12. The number of carbonyl (C=O) groups excluding carboxylic acids is 1. The van der Waals surface area contributed by atoms with Crippen LogP contribution < -0.4 is 14.8 Å². The highest BCUT2D eigenvalue weighted by Gasteiger charge is 2.22. The van der Waals surface area contributed by atoms with E-state index >= 15 is 0 Å². The number of ether oxygens (including phenoxy) is 2. The number of amides is 1. The van der Waals surface area contributed by atoms with Gasteiger partial charge in [-0.05, 0) is 42.8 Å². The lowest BCUT2D eigenvalue weighted by Gasteiger charge is -2.17. The summed E-state index contributed by atoms with van der Waals surface area (Å²) in [5, 5.41) is 4.36. The molecule has 0 aliphatic heterocycles. The summed E-state index contributed by atoms with van der Waals surface area (Å²) in [6, 6.07) is 20.5. The van der Waals surface area contributed by atoms with Crippen LogP contribution in [0.15, 0.2) is 66.7 Å². The molecular weight excluding hydrogens is 447 g/mol. The van der Waals surface area contributed by atoms with Crippen molar-refractivity contribution in [2.45, 2.75) is 6.92 Å². The number of nitrogens with zero attached hydrogens (tertiary/aromatic N) is 1. The number of anilines is 1. The fourth-order valence-corrected chi connectivity index (χ4v) is 3.81. The van der Waals surface area contributed by atoms with Gasteiger partial charge < -0.3 is 14.8 Å². The number of halogens is 2. The molecule has 0 atom stereocenters. The van der Waals surface area contributed by atoms with Crippen LogP contribution in [0.25, 0.3) is 22.0 Å². The number of aromatic nitrogens is 1. The molecule has 1 amide bonds. The van der Waals surface area contributed by atoms with Gasteiger partial charge in [-0.3, -0.25) is 9.78 Å². The van der Waals surface area contributed by atoms with E-state index in [-0.39, 0.29) is 18.3 Å². The number of hydrogen-bond acceptors (Lipinski definition) is 4. The van der Waals surface area contributed by atoms with E-state index in [9.17, 15) is 4.79 Å². The Morgan fingerprint density at radius 3 is 2.41 bits per heavy atom. The third-order valence-electron chi connectivity index (χ3n) is 5.07. The Hall–Kier alpha value is -3.28. The summed E-state index contributed by atoms with van der Waals surface area (Å²) in [4.78, 5) is 18.2.